The van der Waals surface area contributed by atoms with E-state index in [0.29, 0.717) is 6.42 Å². The predicted molar refractivity (Wildman–Crippen MR) is 124 cm³/mol. The molecule has 0 saturated heterocycles. The molecule has 3 nitrogen and oxygen atoms in total. The summed E-state index contributed by atoms with van der Waals surface area (Å²) in [6, 6.07) is 27.2. The van der Waals surface area contributed by atoms with Crippen LogP contribution in [0.1, 0.15) is 37.0 Å². The van der Waals surface area contributed by atoms with Crippen molar-refractivity contribution < 1.29 is 8.42 Å². The van der Waals surface area contributed by atoms with Gasteiger partial charge in [-0.3, -0.25) is 0 Å². The molecular weight excluding hydrogens is 390 g/mol. The second-order valence-corrected chi connectivity index (χ2v) is 9.70. The van der Waals surface area contributed by atoms with Crippen molar-refractivity contribution in [3.63, 3.8) is 0 Å². The Labute approximate surface area is 180 Å². The maximum Gasteiger partial charge on any atom is 0.240 e. The van der Waals surface area contributed by atoms with E-state index in [1.54, 1.807) is 12.1 Å². The minimum Gasteiger partial charge on any atom is -0.210 e. The zero-order valence-corrected chi connectivity index (χ0v) is 18.6. The molecule has 0 aromatic heterocycles. The van der Waals surface area contributed by atoms with Gasteiger partial charge in [-0.15, -0.1) is 0 Å². The highest BCUT2D eigenvalue weighted by Crippen LogP contribution is 2.36. The van der Waals surface area contributed by atoms with Crippen LogP contribution in [-0.2, 0) is 15.4 Å². The number of hydrogen-bond donors (Lipinski definition) is 1. The van der Waals surface area contributed by atoms with E-state index in [9.17, 15) is 8.42 Å². The van der Waals surface area contributed by atoms with Crippen LogP contribution in [0.2, 0.25) is 0 Å². The molecule has 0 aliphatic heterocycles. The van der Waals surface area contributed by atoms with Crippen LogP contribution in [0.15, 0.2) is 101 Å². The first kappa shape index (κ1) is 22.0. The molecule has 0 spiro atoms. The average molecular weight is 420 g/mol. The van der Waals surface area contributed by atoms with Crippen molar-refractivity contribution in [3.8, 4) is 0 Å². The van der Waals surface area contributed by atoms with E-state index < -0.39 is 15.4 Å². The summed E-state index contributed by atoms with van der Waals surface area (Å²) in [6.45, 7) is 6.34. The molecule has 3 rings (SSSR count). The Kier molecular flexibility index (Phi) is 6.91. The Morgan fingerprint density at radius 2 is 1.33 bits per heavy atom. The fourth-order valence-electron chi connectivity index (χ4n) is 3.59. The molecule has 30 heavy (non-hydrogen) atoms. The van der Waals surface area contributed by atoms with Crippen LogP contribution in [0.25, 0.3) is 0 Å². The topological polar surface area (TPSA) is 46.2 Å². The molecule has 0 fully saturated rings. The van der Waals surface area contributed by atoms with Gasteiger partial charge in [0.1, 0.15) is 0 Å². The van der Waals surface area contributed by atoms with E-state index in [2.05, 4.69) is 48.9 Å². The number of aryl methyl sites for hydroxylation is 1. The van der Waals surface area contributed by atoms with Crippen LogP contribution in [0.5, 0.6) is 0 Å². The third kappa shape index (κ3) is 5.07. The molecule has 0 amide bonds. The third-order valence-corrected chi connectivity index (χ3v) is 6.82. The average Bonchev–Trinajstić information content (AvgIpc) is 2.75. The van der Waals surface area contributed by atoms with Gasteiger partial charge in [-0.2, -0.15) is 0 Å². The fraction of sp³-hybridized carbons (Fsp3) is 0.231. The number of rotatable bonds is 8. The van der Waals surface area contributed by atoms with Gasteiger partial charge in [-0.05, 0) is 50.5 Å². The van der Waals surface area contributed by atoms with Gasteiger partial charge in [0.15, 0.2) is 0 Å². The molecule has 0 aliphatic rings. The molecule has 0 bridgehead atoms. The molecule has 3 aromatic carbocycles. The molecule has 3 aromatic rings. The van der Waals surface area contributed by atoms with E-state index in [1.807, 2.05) is 55.5 Å². The van der Waals surface area contributed by atoms with Gasteiger partial charge in [0.2, 0.25) is 10.0 Å². The molecule has 4 heteroatoms. The summed E-state index contributed by atoms with van der Waals surface area (Å²) < 4.78 is 29.0. The van der Waals surface area contributed by atoms with Crippen molar-refractivity contribution >= 4 is 10.0 Å². The van der Waals surface area contributed by atoms with Crippen molar-refractivity contribution in [2.24, 2.45) is 0 Å². The number of allylic oxidation sites excluding steroid dienone is 2. The van der Waals surface area contributed by atoms with Crippen LogP contribution in [0, 0.1) is 6.92 Å². The normalized spacial score (nSPS) is 11.8. The van der Waals surface area contributed by atoms with Crippen LogP contribution in [-0.4, -0.2) is 15.0 Å². The lowest BCUT2D eigenvalue weighted by atomic mass is 9.72. The highest BCUT2D eigenvalue weighted by Gasteiger charge is 2.34. The van der Waals surface area contributed by atoms with Crippen molar-refractivity contribution in [1.82, 2.24) is 4.72 Å². The predicted octanol–water partition coefficient (Wildman–Crippen LogP) is 5.62. The van der Waals surface area contributed by atoms with Gasteiger partial charge in [-0.25, -0.2) is 13.1 Å². The summed E-state index contributed by atoms with van der Waals surface area (Å²) in [5.41, 5.74) is 3.88. The highest BCUT2D eigenvalue weighted by atomic mass is 32.2. The van der Waals surface area contributed by atoms with Crippen LogP contribution >= 0.6 is 0 Å². The van der Waals surface area contributed by atoms with Gasteiger partial charge in [0, 0.05) is 12.0 Å². The minimum atomic E-state index is -3.64. The van der Waals surface area contributed by atoms with Crippen LogP contribution < -0.4 is 4.72 Å². The first-order valence-electron chi connectivity index (χ1n) is 10.1. The SMILES string of the molecule is CC(C)=CCC(CNS(=O)(=O)c1ccc(C)cc1)(c1ccccc1)c1ccccc1. The lowest BCUT2D eigenvalue weighted by Crippen LogP contribution is -2.41. The summed E-state index contributed by atoms with van der Waals surface area (Å²) in [5, 5.41) is 0. The number of sulfonamides is 1. The Morgan fingerprint density at radius 3 is 1.80 bits per heavy atom. The first-order valence-corrected chi connectivity index (χ1v) is 11.6. The second kappa shape index (κ2) is 9.41. The molecule has 156 valence electrons. The van der Waals surface area contributed by atoms with E-state index >= 15 is 0 Å². The quantitative estimate of drug-likeness (QED) is 0.482. The van der Waals surface area contributed by atoms with Crippen molar-refractivity contribution in [1.29, 1.82) is 0 Å². The minimum absolute atomic E-state index is 0.265. The Hall–Kier alpha value is -2.69. The molecule has 0 unspecified atom stereocenters. The maximum absolute atomic E-state index is 13.1. The molecule has 0 saturated carbocycles. The zero-order valence-electron chi connectivity index (χ0n) is 17.8. The highest BCUT2D eigenvalue weighted by molar-refractivity contribution is 7.89. The number of nitrogens with one attached hydrogen (secondary N) is 1. The summed E-state index contributed by atoms with van der Waals surface area (Å²) in [4.78, 5) is 0.283. The molecule has 1 N–H and O–H groups in total. The second-order valence-electron chi connectivity index (χ2n) is 7.94. The van der Waals surface area contributed by atoms with Crippen molar-refractivity contribution in [2.45, 2.75) is 37.5 Å². The van der Waals surface area contributed by atoms with Crippen molar-refractivity contribution in [2.75, 3.05) is 6.54 Å². The Balaban J connectivity index is 2.06. The summed E-state index contributed by atoms with van der Waals surface area (Å²) >= 11 is 0. The molecular formula is C26H29NO2S. The molecule has 0 aliphatic carbocycles. The smallest absolute Gasteiger partial charge is 0.210 e. The van der Waals surface area contributed by atoms with Crippen LogP contribution in [0.3, 0.4) is 0 Å². The first-order chi connectivity index (χ1) is 14.3. The summed E-state index contributed by atoms with van der Waals surface area (Å²) in [6.07, 6.45) is 2.87. The van der Waals surface area contributed by atoms with Gasteiger partial charge in [-0.1, -0.05) is 90.0 Å². The van der Waals surface area contributed by atoms with Gasteiger partial charge in [0.25, 0.3) is 0 Å². The summed E-state index contributed by atoms with van der Waals surface area (Å²) in [7, 11) is -3.64. The van der Waals surface area contributed by atoms with Gasteiger partial charge < -0.3 is 0 Å². The Morgan fingerprint density at radius 1 is 0.833 bits per heavy atom. The van der Waals surface area contributed by atoms with Gasteiger partial charge >= 0.3 is 0 Å². The van der Waals surface area contributed by atoms with E-state index in [0.717, 1.165) is 16.7 Å². The largest absolute Gasteiger partial charge is 0.240 e. The molecule has 0 atom stereocenters. The number of hydrogen-bond acceptors (Lipinski definition) is 2. The monoisotopic (exact) mass is 419 g/mol. The molecule has 0 radical (unpaired) electrons. The maximum atomic E-state index is 13.1. The lowest BCUT2D eigenvalue weighted by Gasteiger charge is -2.35. The molecule has 0 heterocycles. The number of benzene rings is 3. The fourth-order valence-corrected chi connectivity index (χ4v) is 4.69. The van der Waals surface area contributed by atoms with E-state index in [4.69, 9.17) is 0 Å². The zero-order chi connectivity index (χ0) is 21.6. The van der Waals surface area contributed by atoms with Gasteiger partial charge in [0.05, 0.1) is 4.90 Å². The summed E-state index contributed by atoms with van der Waals surface area (Å²) in [5.74, 6) is 0. The van der Waals surface area contributed by atoms with E-state index in [1.165, 1.54) is 5.57 Å². The van der Waals surface area contributed by atoms with Crippen LogP contribution in [0.4, 0.5) is 0 Å². The van der Waals surface area contributed by atoms with E-state index in [-0.39, 0.29) is 11.4 Å². The lowest BCUT2D eigenvalue weighted by molar-refractivity contribution is 0.498. The van der Waals surface area contributed by atoms with Crippen molar-refractivity contribution in [3.05, 3.63) is 113 Å². The Bertz CT molecular complexity index is 1040. The standard InChI is InChI=1S/C26H29NO2S/c1-21(2)18-19-26(23-10-6-4-7-11-23,24-12-8-5-9-13-24)20-27-30(28,29)25-16-14-22(3)15-17-25/h4-18,27H,19-20H2,1-3H3. The third-order valence-electron chi connectivity index (χ3n) is 5.41.